The second-order valence-corrected chi connectivity index (χ2v) is 2.44. The molecule has 7 heavy (non-hydrogen) atoms. The van der Waals surface area contributed by atoms with E-state index in [4.69, 9.17) is 1.37 Å². The first-order chi connectivity index (χ1) is 3.55. The Labute approximate surface area is 48.3 Å². The van der Waals surface area contributed by atoms with E-state index in [2.05, 4.69) is 20.8 Å². The summed E-state index contributed by atoms with van der Waals surface area (Å²) in [7, 11) is 0. The Bertz CT molecular complexity index is 49.4. The van der Waals surface area contributed by atoms with Crippen molar-refractivity contribution in [2.75, 3.05) is 0 Å². The third kappa shape index (κ3) is 2.67. The van der Waals surface area contributed by atoms with Crippen LogP contribution in [0, 0.1) is 11.8 Å². The maximum atomic E-state index is 7.31. The van der Waals surface area contributed by atoms with Gasteiger partial charge >= 0.3 is 0 Å². The first kappa shape index (κ1) is 5.14. The summed E-state index contributed by atoms with van der Waals surface area (Å²) in [5, 5.41) is 0. The van der Waals surface area contributed by atoms with Crippen LogP contribution in [-0.4, -0.2) is 0 Å². The zero-order chi connectivity index (χ0) is 6.73. The van der Waals surface area contributed by atoms with Crippen LogP contribution in [0.2, 0.25) is 0 Å². The number of hydrogen-bond acceptors (Lipinski definition) is 0. The van der Waals surface area contributed by atoms with Gasteiger partial charge < -0.3 is 0 Å². The molecule has 0 aromatic carbocycles. The van der Waals surface area contributed by atoms with Crippen molar-refractivity contribution in [3.63, 3.8) is 0 Å². The summed E-state index contributed by atoms with van der Waals surface area (Å²) < 4.78 is 7.31. The van der Waals surface area contributed by atoms with Crippen LogP contribution in [0.15, 0.2) is 0 Å². The normalized spacial score (nSPS) is 21.6. The second-order valence-electron chi connectivity index (χ2n) is 2.44. The van der Waals surface area contributed by atoms with E-state index in [0.29, 0.717) is 11.8 Å². The van der Waals surface area contributed by atoms with Crippen LogP contribution in [-0.2, 0) is 0 Å². The quantitative estimate of drug-likeness (QED) is 0.501. The molecular weight excluding hydrogens is 84.1 g/mol. The van der Waals surface area contributed by atoms with Gasteiger partial charge in [-0.15, -0.1) is 0 Å². The molecule has 0 aromatic heterocycles. The van der Waals surface area contributed by atoms with Gasteiger partial charge in [-0.1, -0.05) is 34.1 Å². The van der Waals surface area contributed by atoms with Gasteiger partial charge in [-0.25, -0.2) is 0 Å². The number of hydrogen-bond donors (Lipinski definition) is 0. The molecule has 0 nitrogen and oxygen atoms in total. The molecule has 0 N–H and O–H groups in total. The van der Waals surface area contributed by atoms with Crippen LogP contribution in [0.1, 0.15) is 35.5 Å². The lowest BCUT2D eigenvalue weighted by molar-refractivity contribution is 0.407. The van der Waals surface area contributed by atoms with E-state index in [-0.39, 0.29) is 6.40 Å². The summed E-state index contributed by atoms with van der Waals surface area (Å²) in [4.78, 5) is 0. The Hall–Kier alpha value is 0. The van der Waals surface area contributed by atoms with Crippen LogP contribution in [0.25, 0.3) is 0 Å². The van der Waals surface area contributed by atoms with Gasteiger partial charge in [0.2, 0.25) is 0 Å². The summed E-state index contributed by atoms with van der Waals surface area (Å²) in [5.41, 5.74) is 0. The fraction of sp³-hybridized carbons (Fsp3) is 1.00. The second kappa shape index (κ2) is 3.06. The largest absolute Gasteiger partial charge is 0.0651 e. The molecule has 0 aliphatic carbocycles. The molecule has 0 heterocycles. The highest BCUT2D eigenvalue weighted by Gasteiger charge is 2.01. The molecular formula is C7H16. The van der Waals surface area contributed by atoms with Crippen molar-refractivity contribution in [1.82, 2.24) is 0 Å². The first-order valence-corrected chi connectivity index (χ1v) is 2.98. The molecule has 0 aliphatic heterocycles. The topological polar surface area (TPSA) is 0 Å². The van der Waals surface area contributed by atoms with Crippen molar-refractivity contribution in [2.45, 2.75) is 34.1 Å². The smallest absolute Gasteiger partial charge is 0.0267 e. The first-order valence-electron chi connectivity index (χ1n) is 3.55. The van der Waals surface area contributed by atoms with Gasteiger partial charge in [0, 0.05) is 1.37 Å². The van der Waals surface area contributed by atoms with Gasteiger partial charge in [0.25, 0.3) is 0 Å². The van der Waals surface area contributed by atoms with Crippen molar-refractivity contribution >= 4 is 0 Å². The monoisotopic (exact) mass is 101 g/mol. The van der Waals surface area contributed by atoms with Crippen LogP contribution in [0.4, 0.5) is 0 Å². The van der Waals surface area contributed by atoms with E-state index in [1.54, 1.807) is 0 Å². The third-order valence-electron chi connectivity index (χ3n) is 1.58. The van der Waals surface area contributed by atoms with Crippen LogP contribution >= 0.6 is 0 Å². The maximum Gasteiger partial charge on any atom is 0.0267 e. The molecule has 0 amide bonds. The minimum absolute atomic E-state index is 0.0926. The molecule has 0 heteroatoms. The van der Waals surface area contributed by atoms with Crippen molar-refractivity contribution in [1.29, 1.82) is 0 Å². The molecule has 0 saturated carbocycles. The molecule has 0 bridgehead atoms. The highest BCUT2D eigenvalue weighted by molar-refractivity contribution is 4.52. The molecule has 2 atom stereocenters. The van der Waals surface area contributed by atoms with E-state index in [1.807, 2.05) is 6.92 Å². The molecule has 1 unspecified atom stereocenters. The van der Waals surface area contributed by atoms with Crippen LogP contribution < -0.4 is 0 Å². The Morgan fingerprint density at radius 3 is 1.86 bits per heavy atom. The molecule has 0 spiro atoms. The maximum absolute atomic E-state index is 7.31. The van der Waals surface area contributed by atoms with Gasteiger partial charge in [0.15, 0.2) is 0 Å². The van der Waals surface area contributed by atoms with E-state index in [0.717, 1.165) is 0 Å². The molecule has 0 saturated heterocycles. The minimum Gasteiger partial charge on any atom is -0.0651 e. The van der Waals surface area contributed by atoms with Crippen molar-refractivity contribution in [2.24, 2.45) is 11.8 Å². The minimum atomic E-state index is 0.0926. The fourth-order valence-corrected chi connectivity index (χ4v) is 0.385. The van der Waals surface area contributed by atoms with Gasteiger partial charge in [-0.2, -0.15) is 0 Å². The summed E-state index contributed by atoms with van der Waals surface area (Å²) in [5.74, 6) is 1.19. The van der Waals surface area contributed by atoms with Crippen molar-refractivity contribution in [3.05, 3.63) is 0 Å². The van der Waals surface area contributed by atoms with Crippen LogP contribution in [0.3, 0.4) is 0 Å². The summed E-state index contributed by atoms with van der Waals surface area (Å²) in [6.07, 6.45) is 0.0926. The van der Waals surface area contributed by atoms with Crippen LogP contribution in [0.5, 0.6) is 0 Å². The summed E-state index contributed by atoms with van der Waals surface area (Å²) >= 11 is 0. The highest BCUT2D eigenvalue weighted by Crippen LogP contribution is 2.11. The average molecular weight is 101 g/mol. The Morgan fingerprint density at radius 2 is 1.86 bits per heavy atom. The lowest BCUT2D eigenvalue weighted by Gasteiger charge is -2.10. The fourth-order valence-electron chi connectivity index (χ4n) is 0.385. The van der Waals surface area contributed by atoms with E-state index < -0.39 is 0 Å². The van der Waals surface area contributed by atoms with E-state index in [1.165, 1.54) is 0 Å². The highest BCUT2D eigenvalue weighted by atomic mass is 14.1. The lowest BCUT2D eigenvalue weighted by Crippen LogP contribution is -2.00. The molecule has 0 aromatic rings. The summed E-state index contributed by atoms with van der Waals surface area (Å²) in [6.45, 7) is 8.40. The van der Waals surface area contributed by atoms with Crippen molar-refractivity contribution < 1.29 is 1.37 Å². The van der Waals surface area contributed by atoms with Gasteiger partial charge in [0.1, 0.15) is 0 Å². The standard InChI is InChI=1S/C7H16/c1-5-7(4)6(2)3/h6-7H,5H2,1-4H3/t7-/m1/s1/i5D/t5?,7-. The van der Waals surface area contributed by atoms with Gasteiger partial charge in [-0.05, 0) is 11.8 Å². The zero-order valence-corrected chi connectivity index (χ0v) is 5.73. The Kier molecular flexibility index (Phi) is 2.25. The van der Waals surface area contributed by atoms with E-state index in [9.17, 15) is 0 Å². The zero-order valence-electron chi connectivity index (χ0n) is 6.73. The van der Waals surface area contributed by atoms with Crippen molar-refractivity contribution in [3.8, 4) is 0 Å². The average Bonchev–Trinajstić information content (AvgIpc) is 1.64. The number of rotatable bonds is 2. The Morgan fingerprint density at radius 1 is 1.43 bits per heavy atom. The SMILES string of the molecule is [2H]C(C)[C@@H](C)C(C)C. The molecule has 44 valence electrons. The predicted molar refractivity (Wildman–Crippen MR) is 34.3 cm³/mol. The molecule has 0 fully saturated rings. The predicted octanol–water partition coefficient (Wildman–Crippen LogP) is 2.69. The molecule has 0 rings (SSSR count). The Balaban J connectivity index is 3.46. The lowest BCUT2D eigenvalue weighted by atomic mass is 9.96. The van der Waals surface area contributed by atoms with Gasteiger partial charge in [0.05, 0.1) is 0 Å². The molecule has 0 aliphatic rings. The van der Waals surface area contributed by atoms with Gasteiger partial charge in [-0.3, -0.25) is 0 Å². The van der Waals surface area contributed by atoms with E-state index >= 15 is 0 Å². The summed E-state index contributed by atoms with van der Waals surface area (Å²) in [6, 6.07) is 0. The molecule has 0 radical (unpaired) electrons. The third-order valence-corrected chi connectivity index (χ3v) is 1.58.